The smallest absolute Gasteiger partial charge is 0.169 e. The molecule has 1 atom stereocenters. The second kappa shape index (κ2) is 5.97. The molecule has 2 rings (SSSR count). The second-order valence-electron chi connectivity index (χ2n) is 6.30. The highest BCUT2D eigenvalue weighted by Gasteiger charge is 2.73. The van der Waals surface area contributed by atoms with Crippen molar-refractivity contribution in [3.05, 3.63) is 58.7 Å². The number of benzene rings is 1. The number of alkyl halides is 6. The molecule has 0 N–H and O–H groups in total. The summed E-state index contributed by atoms with van der Waals surface area (Å²) in [5.41, 5.74) is -4.40. The lowest BCUT2D eigenvalue weighted by molar-refractivity contribution is -0.290. The molecule has 1 aromatic carbocycles. The van der Waals surface area contributed by atoms with E-state index in [0.717, 1.165) is 18.2 Å². The molecule has 0 amide bonds. The Kier molecular flexibility index (Phi) is 4.63. The van der Waals surface area contributed by atoms with Gasteiger partial charge in [-0.2, -0.15) is 26.3 Å². The highest BCUT2D eigenvalue weighted by atomic mass is 19.4. The number of aryl methyl sites for hydroxylation is 2. The van der Waals surface area contributed by atoms with Gasteiger partial charge in [-0.05, 0) is 48.4 Å². The minimum absolute atomic E-state index is 0.289. The van der Waals surface area contributed by atoms with Gasteiger partial charge in [0.2, 0.25) is 5.41 Å². The van der Waals surface area contributed by atoms with Gasteiger partial charge in [0.05, 0.1) is 0 Å². The van der Waals surface area contributed by atoms with Gasteiger partial charge >= 0.3 is 12.4 Å². The van der Waals surface area contributed by atoms with Crippen LogP contribution >= 0.6 is 0 Å². The molecule has 0 bridgehead atoms. The highest BCUT2D eigenvalue weighted by molar-refractivity contribution is 5.47. The Morgan fingerprint density at radius 3 is 1.96 bits per heavy atom. The van der Waals surface area contributed by atoms with E-state index in [0.29, 0.717) is 11.1 Å². The van der Waals surface area contributed by atoms with Gasteiger partial charge < -0.3 is 0 Å². The molecule has 0 aromatic heterocycles. The topological polar surface area (TPSA) is 0 Å². The van der Waals surface area contributed by atoms with E-state index < -0.39 is 28.9 Å². The lowest BCUT2D eigenvalue weighted by Gasteiger charge is -2.41. The van der Waals surface area contributed by atoms with Crippen molar-refractivity contribution in [2.75, 3.05) is 0 Å². The quantitative estimate of drug-likeness (QED) is 0.559. The summed E-state index contributed by atoms with van der Waals surface area (Å²) in [7, 11) is 0. The van der Waals surface area contributed by atoms with Gasteiger partial charge in [-0.15, -0.1) is 0 Å². The van der Waals surface area contributed by atoms with E-state index in [4.69, 9.17) is 0 Å². The van der Waals surface area contributed by atoms with Crippen LogP contribution < -0.4 is 0 Å². The molecule has 0 nitrogen and oxygen atoms in total. The van der Waals surface area contributed by atoms with Crippen molar-refractivity contribution in [1.82, 2.24) is 0 Å². The molecule has 1 unspecified atom stereocenters. The SMILES string of the molecule is Cc1ccc(C(C2=CC=CC(C)C2)(C(F)(F)F)C(F)(F)F)cc1C. The Morgan fingerprint density at radius 1 is 0.917 bits per heavy atom. The Hall–Kier alpha value is -1.72. The van der Waals surface area contributed by atoms with Crippen LogP contribution in [0.15, 0.2) is 42.0 Å². The van der Waals surface area contributed by atoms with Crippen LogP contribution in [0.4, 0.5) is 26.3 Å². The van der Waals surface area contributed by atoms with E-state index in [1.165, 1.54) is 19.1 Å². The van der Waals surface area contributed by atoms with E-state index in [9.17, 15) is 26.3 Å². The van der Waals surface area contributed by atoms with Crippen LogP contribution in [0.1, 0.15) is 30.0 Å². The minimum Gasteiger partial charge on any atom is -0.169 e. The maximum absolute atomic E-state index is 13.9. The van der Waals surface area contributed by atoms with Crippen LogP contribution in [0.3, 0.4) is 0 Å². The zero-order valence-corrected chi connectivity index (χ0v) is 13.5. The Bertz CT molecular complexity index is 662. The van der Waals surface area contributed by atoms with E-state index in [2.05, 4.69) is 0 Å². The van der Waals surface area contributed by atoms with Gasteiger partial charge in [0.15, 0.2) is 0 Å². The maximum Gasteiger partial charge on any atom is 0.410 e. The van der Waals surface area contributed by atoms with E-state index in [1.54, 1.807) is 19.9 Å². The molecule has 0 saturated carbocycles. The summed E-state index contributed by atoms with van der Waals surface area (Å²) in [6.07, 6.45) is -7.45. The molecule has 132 valence electrons. The van der Waals surface area contributed by atoms with Gasteiger partial charge in [-0.25, -0.2) is 0 Å². The molecule has 24 heavy (non-hydrogen) atoms. The first-order chi connectivity index (χ1) is 10.9. The molecule has 1 aliphatic carbocycles. The summed E-state index contributed by atoms with van der Waals surface area (Å²) < 4.78 is 83.5. The van der Waals surface area contributed by atoms with Crippen molar-refractivity contribution >= 4 is 0 Å². The van der Waals surface area contributed by atoms with Crippen molar-refractivity contribution in [3.8, 4) is 0 Å². The van der Waals surface area contributed by atoms with Crippen molar-refractivity contribution in [2.24, 2.45) is 5.92 Å². The molecule has 0 radical (unpaired) electrons. The number of hydrogen-bond donors (Lipinski definition) is 0. The minimum atomic E-state index is -5.50. The van der Waals surface area contributed by atoms with Crippen LogP contribution in [-0.4, -0.2) is 12.4 Å². The summed E-state index contributed by atoms with van der Waals surface area (Å²) >= 11 is 0. The van der Waals surface area contributed by atoms with Crippen LogP contribution in [0.2, 0.25) is 0 Å². The predicted molar refractivity (Wildman–Crippen MR) is 80.7 cm³/mol. The zero-order chi connectivity index (χ0) is 18.3. The van der Waals surface area contributed by atoms with Crippen LogP contribution in [0.5, 0.6) is 0 Å². The average Bonchev–Trinajstić information content (AvgIpc) is 2.40. The first kappa shape index (κ1) is 18.6. The summed E-state index contributed by atoms with van der Waals surface area (Å²) in [4.78, 5) is 0. The molecular weight excluding hydrogens is 330 g/mol. The number of halogens is 6. The van der Waals surface area contributed by atoms with E-state index in [1.807, 2.05) is 0 Å². The molecule has 0 aliphatic heterocycles. The van der Waals surface area contributed by atoms with Crippen LogP contribution in [0.25, 0.3) is 0 Å². The van der Waals surface area contributed by atoms with Gasteiger partial charge in [0.1, 0.15) is 0 Å². The number of rotatable bonds is 2. The first-order valence-electron chi connectivity index (χ1n) is 7.50. The Morgan fingerprint density at radius 2 is 1.50 bits per heavy atom. The number of hydrogen-bond acceptors (Lipinski definition) is 0. The largest absolute Gasteiger partial charge is 0.410 e. The highest BCUT2D eigenvalue weighted by Crippen LogP contribution is 2.58. The second-order valence-corrected chi connectivity index (χ2v) is 6.30. The van der Waals surface area contributed by atoms with E-state index >= 15 is 0 Å². The molecule has 1 aliphatic rings. The lowest BCUT2D eigenvalue weighted by atomic mass is 9.68. The molecule has 6 heteroatoms. The molecule has 0 fully saturated rings. The van der Waals surface area contributed by atoms with Crippen LogP contribution in [0, 0.1) is 19.8 Å². The maximum atomic E-state index is 13.9. The summed E-state index contributed by atoms with van der Waals surface area (Å²) in [5.74, 6) is -0.388. The van der Waals surface area contributed by atoms with Crippen molar-refractivity contribution < 1.29 is 26.3 Å². The van der Waals surface area contributed by atoms with E-state index in [-0.39, 0.29) is 12.3 Å². The number of allylic oxidation sites excluding steroid dienone is 4. The molecule has 0 spiro atoms. The van der Waals surface area contributed by atoms with Crippen molar-refractivity contribution in [1.29, 1.82) is 0 Å². The lowest BCUT2D eigenvalue weighted by Crippen LogP contribution is -2.55. The molecular formula is C18H18F6. The Balaban J connectivity index is 2.84. The standard InChI is InChI=1S/C18H18F6/c1-11-5-4-6-14(9-11)16(17(19,20)21,18(22,23)24)15-8-7-12(2)13(3)10-15/h4-8,10-11H,9H2,1-3H3. The fourth-order valence-corrected chi connectivity index (χ4v) is 3.13. The van der Waals surface area contributed by atoms with Gasteiger partial charge in [0, 0.05) is 0 Å². The third-order valence-electron chi connectivity index (χ3n) is 4.55. The summed E-state index contributed by atoms with van der Waals surface area (Å²) in [6.45, 7) is 4.75. The molecule has 1 aromatic rings. The fourth-order valence-electron chi connectivity index (χ4n) is 3.13. The molecule has 0 saturated heterocycles. The Labute approximate surface area is 136 Å². The third-order valence-corrected chi connectivity index (χ3v) is 4.55. The summed E-state index contributed by atoms with van der Waals surface area (Å²) in [6, 6.07) is 3.24. The predicted octanol–water partition coefficient (Wildman–Crippen LogP) is 6.19. The monoisotopic (exact) mass is 348 g/mol. The average molecular weight is 348 g/mol. The third kappa shape index (κ3) is 2.87. The van der Waals surface area contributed by atoms with Crippen molar-refractivity contribution in [2.45, 2.75) is 45.0 Å². The fraction of sp³-hybridized carbons (Fsp3) is 0.444. The van der Waals surface area contributed by atoms with Gasteiger partial charge in [0.25, 0.3) is 0 Å². The van der Waals surface area contributed by atoms with Gasteiger partial charge in [-0.1, -0.05) is 43.4 Å². The van der Waals surface area contributed by atoms with Gasteiger partial charge in [-0.3, -0.25) is 0 Å². The normalized spacial score (nSPS) is 19.4. The molecule has 0 heterocycles. The first-order valence-corrected chi connectivity index (χ1v) is 7.50. The summed E-state index contributed by atoms with van der Waals surface area (Å²) in [5, 5.41) is 0. The van der Waals surface area contributed by atoms with Crippen molar-refractivity contribution in [3.63, 3.8) is 0 Å². The zero-order valence-electron chi connectivity index (χ0n) is 13.5. The van der Waals surface area contributed by atoms with Crippen LogP contribution in [-0.2, 0) is 5.41 Å².